The molecular formula is C13H16NS. The van der Waals surface area contributed by atoms with Gasteiger partial charge in [-0.2, -0.15) is 0 Å². The van der Waals surface area contributed by atoms with Crippen LogP contribution in [0, 0.1) is 6.92 Å². The Bertz CT molecular complexity index is 433. The van der Waals surface area contributed by atoms with Crippen LogP contribution in [-0.4, -0.2) is 9.22 Å². The Morgan fingerprint density at radius 1 is 1.33 bits per heavy atom. The molecule has 15 heavy (non-hydrogen) atoms. The van der Waals surface area contributed by atoms with Gasteiger partial charge in [-0.1, -0.05) is 31.5 Å². The summed E-state index contributed by atoms with van der Waals surface area (Å²) < 4.78 is 2.22. The van der Waals surface area contributed by atoms with E-state index in [9.17, 15) is 0 Å². The van der Waals surface area contributed by atoms with E-state index in [-0.39, 0.29) is 0 Å². The van der Waals surface area contributed by atoms with Gasteiger partial charge in [0.05, 0.1) is 5.52 Å². The van der Waals surface area contributed by atoms with Gasteiger partial charge in [-0.3, -0.25) is 3.97 Å². The third-order valence-corrected chi connectivity index (χ3v) is 3.52. The maximum Gasteiger partial charge on any atom is 0.0591 e. The molecule has 1 radical (unpaired) electrons. The van der Waals surface area contributed by atoms with Crippen molar-refractivity contribution in [1.29, 1.82) is 0 Å². The molecule has 0 aliphatic rings. The number of hydrogen-bond donors (Lipinski definition) is 0. The van der Waals surface area contributed by atoms with Gasteiger partial charge in [0, 0.05) is 16.8 Å². The molecule has 79 valence electrons. The Morgan fingerprint density at radius 3 is 2.93 bits per heavy atom. The zero-order valence-corrected chi connectivity index (χ0v) is 9.83. The molecule has 1 heterocycles. The van der Waals surface area contributed by atoms with Crippen molar-refractivity contribution in [1.82, 2.24) is 3.97 Å². The summed E-state index contributed by atoms with van der Waals surface area (Å²) in [5.74, 6) is 0. The predicted octanol–water partition coefficient (Wildman–Crippen LogP) is 4.14. The molecule has 2 heteroatoms. The summed E-state index contributed by atoms with van der Waals surface area (Å²) in [6.07, 6.45) is 4.49. The van der Waals surface area contributed by atoms with Gasteiger partial charge in [0.15, 0.2) is 0 Å². The Labute approximate surface area is 95.6 Å². The molecule has 0 saturated carbocycles. The van der Waals surface area contributed by atoms with E-state index in [1.807, 2.05) is 11.9 Å². The first-order chi connectivity index (χ1) is 7.31. The average molecular weight is 218 g/mol. The van der Waals surface area contributed by atoms with Crippen molar-refractivity contribution in [3.05, 3.63) is 43.5 Å². The third-order valence-electron chi connectivity index (χ3n) is 2.44. The van der Waals surface area contributed by atoms with Crippen LogP contribution >= 0.6 is 11.9 Å². The highest BCUT2D eigenvalue weighted by Gasteiger charge is 2.05. The topological polar surface area (TPSA) is 4.93 Å². The first-order valence-corrected chi connectivity index (χ1v) is 6.21. The summed E-state index contributed by atoms with van der Waals surface area (Å²) >= 11 is 1.81. The van der Waals surface area contributed by atoms with E-state index in [2.05, 4.69) is 54.3 Å². The predicted molar refractivity (Wildman–Crippen MR) is 69.0 cm³/mol. The highest BCUT2D eigenvalue weighted by atomic mass is 32.2. The second kappa shape index (κ2) is 4.75. The van der Waals surface area contributed by atoms with E-state index >= 15 is 0 Å². The molecule has 2 rings (SSSR count). The number of fused-ring (bicyclic) bond motifs is 1. The molecule has 0 saturated heterocycles. The fourth-order valence-electron chi connectivity index (χ4n) is 1.68. The van der Waals surface area contributed by atoms with Crippen LogP contribution in [0.15, 0.2) is 36.5 Å². The van der Waals surface area contributed by atoms with E-state index in [1.165, 1.54) is 17.3 Å². The average Bonchev–Trinajstić information content (AvgIpc) is 2.62. The number of benzene rings is 1. The SMILES string of the molecule is [CH2]C(CCC)Sn1ccc2ccccc21. The molecule has 2 aromatic rings. The molecule has 1 atom stereocenters. The van der Waals surface area contributed by atoms with Gasteiger partial charge < -0.3 is 0 Å². The molecule has 1 unspecified atom stereocenters. The molecular weight excluding hydrogens is 202 g/mol. The second-order valence-corrected chi connectivity index (χ2v) is 4.99. The van der Waals surface area contributed by atoms with Crippen LogP contribution in [0.1, 0.15) is 19.8 Å². The number of aromatic nitrogens is 1. The maximum atomic E-state index is 4.15. The summed E-state index contributed by atoms with van der Waals surface area (Å²) in [5.41, 5.74) is 1.28. The molecule has 0 aliphatic carbocycles. The lowest BCUT2D eigenvalue weighted by atomic mass is 10.3. The van der Waals surface area contributed by atoms with Crippen LogP contribution in [0.3, 0.4) is 0 Å². The van der Waals surface area contributed by atoms with Gasteiger partial charge >= 0.3 is 0 Å². The smallest absolute Gasteiger partial charge is 0.0591 e. The number of nitrogens with zero attached hydrogens (tertiary/aromatic N) is 1. The van der Waals surface area contributed by atoms with E-state index in [0.717, 1.165) is 6.42 Å². The Morgan fingerprint density at radius 2 is 2.13 bits per heavy atom. The van der Waals surface area contributed by atoms with Crippen molar-refractivity contribution in [2.24, 2.45) is 0 Å². The number of rotatable bonds is 4. The summed E-state index contributed by atoms with van der Waals surface area (Å²) in [5, 5.41) is 1.74. The lowest BCUT2D eigenvalue weighted by Gasteiger charge is -2.10. The van der Waals surface area contributed by atoms with Crippen molar-refractivity contribution >= 4 is 22.9 Å². The first-order valence-electron chi connectivity index (χ1n) is 5.37. The van der Waals surface area contributed by atoms with E-state index in [1.54, 1.807) is 0 Å². The number of para-hydroxylation sites is 1. The first kappa shape index (κ1) is 10.6. The maximum absolute atomic E-state index is 4.15. The molecule has 0 bridgehead atoms. The molecule has 0 N–H and O–H groups in total. The van der Waals surface area contributed by atoms with Gasteiger partial charge in [-0.15, -0.1) is 0 Å². The fourth-order valence-corrected chi connectivity index (χ4v) is 2.76. The van der Waals surface area contributed by atoms with Crippen molar-refractivity contribution in [3.63, 3.8) is 0 Å². The zero-order valence-electron chi connectivity index (χ0n) is 9.02. The molecule has 0 spiro atoms. The van der Waals surface area contributed by atoms with Crippen LogP contribution in [0.2, 0.25) is 0 Å². The fraction of sp³-hybridized carbons (Fsp3) is 0.308. The summed E-state index contributed by atoms with van der Waals surface area (Å²) in [7, 11) is 0. The lowest BCUT2D eigenvalue weighted by Crippen LogP contribution is -1.99. The van der Waals surface area contributed by atoms with Gasteiger partial charge in [-0.05, 0) is 37.4 Å². The molecule has 0 amide bonds. The van der Waals surface area contributed by atoms with Gasteiger partial charge in [0.2, 0.25) is 0 Å². The van der Waals surface area contributed by atoms with E-state index in [4.69, 9.17) is 0 Å². The summed E-state index contributed by atoms with van der Waals surface area (Å²) in [6, 6.07) is 10.6. The highest BCUT2D eigenvalue weighted by Crippen LogP contribution is 2.24. The van der Waals surface area contributed by atoms with Crippen LogP contribution < -0.4 is 0 Å². The quantitative estimate of drug-likeness (QED) is 0.746. The standard InChI is InChI=1S/C13H16NS/c1-3-6-11(2)15-14-10-9-12-7-4-5-8-13(12)14/h4-5,7-11H,2-3,6H2,1H3. The normalized spacial score (nSPS) is 13.2. The molecule has 0 aliphatic heterocycles. The molecule has 0 fully saturated rings. The minimum atomic E-state index is 0.436. The Kier molecular flexibility index (Phi) is 3.37. The van der Waals surface area contributed by atoms with Crippen LogP contribution in [-0.2, 0) is 0 Å². The minimum Gasteiger partial charge on any atom is -0.291 e. The lowest BCUT2D eigenvalue weighted by molar-refractivity contribution is 0.823. The summed E-state index contributed by atoms with van der Waals surface area (Å²) in [4.78, 5) is 0. The highest BCUT2D eigenvalue weighted by molar-refractivity contribution is 7.98. The third kappa shape index (κ3) is 2.37. The monoisotopic (exact) mass is 218 g/mol. The van der Waals surface area contributed by atoms with E-state index in [0.29, 0.717) is 5.25 Å². The molecule has 1 nitrogen and oxygen atoms in total. The van der Waals surface area contributed by atoms with Crippen LogP contribution in [0.4, 0.5) is 0 Å². The minimum absolute atomic E-state index is 0.436. The number of hydrogen-bond acceptors (Lipinski definition) is 1. The summed E-state index contributed by atoms with van der Waals surface area (Å²) in [6.45, 7) is 6.35. The van der Waals surface area contributed by atoms with Gasteiger partial charge in [-0.25, -0.2) is 0 Å². The molecule has 1 aromatic heterocycles. The Balaban J connectivity index is 2.21. The Hall–Kier alpha value is -0.890. The molecule has 1 aromatic carbocycles. The largest absolute Gasteiger partial charge is 0.291 e. The van der Waals surface area contributed by atoms with E-state index < -0.39 is 0 Å². The van der Waals surface area contributed by atoms with Crippen LogP contribution in [0.5, 0.6) is 0 Å². The zero-order chi connectivity index (χ0) is 10.7. The van der Waals surface area contributed by atoms with Crippen molar-refractivity contribution in [2.75, 3.05) is 0 Å². The van der Waals surface area contributed by atoms with Crippen LogP contribution in [0.25, 0.3) is 10.9 Å². The van der Waals surface area contributed by atoms with Gasteiger partial charge in [0.1, 0.15) is 0 Å². The van der Waals surface area contributed by atoms with Crippen molar-refractivity contribution in [3.8, 4) is 0 Å². The van der Waals surface area contributed by atoms with Gasteiger partial charge in [0.25, 0.3) is 0 Å². The second-order valence-electron chi connectivity index (χ2n) is 3.72. The van der Waals surface area contributed by atoms with Crippen molar-refractivity contribution < 1.29 is 0 Å². The van der Waals surface area contributed by atoms with Crippen molar-refractivity contribution in [2.45, 2.75) is 25.0 Å².